The first-order chi connectivity index (χ1) is 13.0. The van der Waals surface area contributed by atoms with Crippen LogP contribution in [-0.4, -0.2) is 59.3 Å². The van der Waals surface area contributed by atoms with Crippen molar-refractivity contribution in [3.63, 3.8) is 0 Å². The second-order valence-electron chi connectivity index (χ2n) is 7.24. The summed E-state index contributed by atoms with van der Waals surface area (Å²) in [6.45, 7) is 9.48. The Bertz CT molecular complexity index is 734. The van der Waals surface area contributed by atoms with Crippen LogP contribution in [0.15, 0.2) is 28.8 Å². The molecule has 7 nitrogen and oxygen atoms in total. The second-order valence-corrected chi connectivity index (χ2v) is 7.24. The van der Waals surface area contributed by atoms with Gasteiger partial charge in [-0.15, -0.1) is 0 Å². The molecule has 1 fully saturated rings. The number of carbonyl (C=O) groups excluding carboxylic acids is 1. The Balaban J connectivity index is 1.39. The lowest BCUT2D eigenvalue weighted by atomic mass is 10.1. The highest BCUT2D eigenvalue weighted by Gasteiger charge is 2.21. The van der Waals surface area contributed by atoms with Crippen LogP contribution in [0.2, 0.25) is 0 Å². The van der Waals surface area contributed by atoms with Crippen LogP contribution >= 0.6 is 0 Å². The average molecular weight is 372 g/mol. The third kappa shape index (κ3) is 5.87. The maximum atomic E-state index is 12.1. The van der Waals surface area contributed by atoms with Crippen molar-refractivity contribution in [3.8, 4) is 11.4 Å². The molecule has 1 saturated heterocycles. The fourth-order valence-electron chi connectivity index (χ4n) is 3.31. The van der Waals surface area contributed by atoms with Gasteiger partial charge in [0.15, 0.2) is 0 Å². The van der Waals surface area contributed by atoms with Crippen LogP contribution in [0.1, 0.15) is 31.7 Å². The maximum absolute atomic E-state index is 12.1. The van der Waals surface area contributed by atoms with E-state index in [2.05, 4.69) is 34.2 Å². The number of amides is 1. The molecule has 0 bridgehead atoms. The lowest BCUT2D eigenvalue weighted by molar-refractivity contribution is -0.121. The SMILES string of the molecule is Cc1ccc(-c2noc(CCC(=O)NCCN3C[C@@H](C)O[C@H](C)C3)n2)cc1. The van der Waals surface area contributed by atoms with E-state index in [-0.39, 0.29) is 18.1 Å². The summed E-state index contributed by atoms with van der Waals surface area (Å²) in [6, 6.07) is 7.94. The van der Waals surface area contributed by atoms with Gasteiger partial charge >= 0.3 is 0 Å². The monoisotopic (exact) mass is 372 g/mol. The van der Waals surface area contributed by atoms with Gasteiger partial charge in [-0.05, 0) is 20.8 Å². The molecule has 1 amide bonds. The number of nitrogens with zero attached hydrogens (tertiary/aromatic N) is 3. The van der Waals surface area contributed by atoms with Crippen LogP contribution in [-0.2, 0) is 16.0 Å². The zero-order valence-electron chi connectivity index (χ0n) is 16.3. The molecule has 1 aromatic heterocycles. The van der Waals surface area contributed by atoms with E-state index in [1.165, 1.54) is 5.56 Å². The highest BCUT2D eigenvalue weighted by Crippen LogP contribution is 2.16. The van der Waals surface area contributed by atoms with Crippen molar-refractivity contribution in [3.05, 3.63) is 35.7 Å². The predicted molar refractivity (Wildman–Crippen MR) is 102 cm³/mol. The van der Waals surface area contributed by atoms with Gasteiger partial charge < -0.3 is 14.6 Å². The molecule has 2 heterocycles. The number of aromatic nitrogens is 2. The Kier molecular flexibility index (Phi) is 6.58. The van der Waals surface area contributed by atoms with Gasteiger partial charge in [-0.2, -0.15) is 4.98 Å². The van der Waals surface area contributed by atoms with Crippen LogP contribution < -0.4 is 5.32 Å². The van der Waals surface area contributed by atoms with Gasteiger partial charge in [-0.1, -0.05) is 35.0 Å². The third-order valence-corrected chi connectivity index (χ3v) is 4.59. The van der Waals surface area contributed by atoms with Crippen molar-refractivity contribution in [1.29, 1.82) is 0 Å². The summed E-state index contributed by atoms with van der Waals surface area (Å²) >= 11 is 0. The largest absolute Gasteiger partial charge is 0.373 e. The molecule has 0 radical (unpaired) electrons. The summed E-state index contributed by atoms with van der Waals surface area (Å²) in [5.74, 6) is 1.04. The first-order valence-corrected chi connectivity index (χ1v) is 9.53. The fraction of sp³-hybridized carbons (Fsp3) is 0.550. The molecular weight excluding hydrogens is 344 g/mol. The predicted octanol–water partition coefficient (Wildman–Crippen LogP) is 2.20. The van der Waals surface area contributed by atoms with Gasteiger partial charge in [0.2, 0.25) is 17.6 Å². The van der Waals surface area contributed by atoms with E-state index in [1.54, 1.807) is 0 Å². The molecule has 1 aliphatic rings. The van der Waals surface area contributed by atoms with Crippen LogP contribution in [0.4, 0.5) is 0 Å². The van der Waals surface area contributed by atoms with E-state index >= 15 is 0 Å². The molecule has 0 spiro atoms. The van der Waals surface area contributed by atoms with Crippen molar-refractivity contribution < 1.29 is 14.1 Å². The Morgan fingerprint density at radius 1 is 1.22 bits per heavy atom. The molecular formula is C20H28N4O3. The zero-order chi connectivity index (χ0) is 19.2. The van der Waals surface area contributed by atoms with E-state index in [0.717, 1.165) is 25.2 Å². The van der Waals surface area contributed by atoms with Crippen molar-refractivity contribution in [2.45, 2.75) is 45.8 Å². The smallest absolute Gasteiger partial charge is 0.227 e. The van der Waals surface area contributed by atoms with Gasteiger partial charge in [0, 0.05) is 44.6 Å². The van der Waals surface area contributed by atoms with Gasteiger partial charge in [-0.25, -0.2) is 0 Å². The fourth-order valence-corrected chi connectivity index (χ4v) is 3.31. The number of aryl methyl sites for hydroxylation is 2. The molecule has 1 N–H and O–H groups in total. The number of benzene rings is 1. The van der Waals surface area contributed by atoms with Crippen LogP contribution in [0.3, 0.4) is 0 Å². The Morgan fingerprint density at radius 3 is 2.63 bits per heavy atom. The van der Waals surface area contributed by atoms with Gasteiger partial charge in [0.25, 0.3) is 0 Å². The first kappa shape index (κ1) is 19.5. The van der Waals surface area contributed by atoms with Crippen molar-refractivity contribution in [1.82, 2.24) is 20.4 Å². The lowest BCUT2D eigenvalue weighted by Gasteiger charge is -2.35. The molecule has 0 aliphatic carbocycles. The number of carbonyl (C=O) groups is 1. The summed E-state index contributed by atoms with van der Waals surface area (Å²) in [6.07, 6.45) is 1.26. The Hall–Kier alpha value is -2.25. The van der Waals surface area contributed by atoms with E-state index in [9.17, 15) is 4.79 Å². The number of ether oxygens (including phenoxy) is 1. The lowest BCUT2D eigenvalue weighted by Crippen LogP contribution is -2.47. The molecule has 1 aliphatic heterocycles. The van der Waals surface area contributed by atoms with E-state index < -0.39 is 0 Å². The highest BCUT2D eigenvalue weighted by atomic mass is 16.5. The summed E-state index contributed by atoms with van der Waals surface area (Å²) < 4.78 is 11.0. The number of hydrogen-bond donors (Lipinski definition) is 1. The maximum Gasteiger partial charge on any atom is 0.227 e. The zero-order valence-corrected chi connectivity index (χ0v) is 16.3. The molecule has 2 aromatic rings. The third-order valence-electron chi connectivity index (χ3n) is 4.59. The number of morpholine rings is 1. The van der Waals surface area contributed by atoms with E-state index in [4.69, 9.17) is 9.26 Å². The topological polar surface area (TPSA) is 80.5 Å². The molecule has 0 unspecified atom stereocenters. The van der Waals surface area contributed by atoms with Crippen LogP contribution in [0.25, 0.3) is 11.4 Å². The average Bonchev–Trinajstić information content (AvgIpc) is 3.09. The van der Waals surface area contributed by atoms with Crippen molar-refractivity contribution in [2.24, 2.45) is 0 Å². The summed E-state index contributed by atoms with van der Waals surface area (Å²) in [5, 5.41) is 6.96. The Labute approximate surface area is 160 Å². The minimum atomic E-state index is -0.000516. The molecule has 3 rings (SSSR count). The molecule has 7 heteroatoms. The molecule has 2 atom stereocenters. The Morgan fingerprint density at radius 2 is 1.93 bits per heavy atom. The second kappa shape index (κ2) is 9.10. The quantitative estimate of drug-likeness (QED) is 0.803. The van der Waals surface area contributed by atoms with Gasteiger partial charge in [0.05, 0.1) is 12.2 Å². The van der Waals surface area contributed by atoms with Crippen LogP contribution in [0, 0.1) is 6.92 Å². The summed E-state index contributed by atoms with van der Waals surface area (Å²) in [7, 11) is 0. The summed E-state index contributed by atoms with van der Waals surface area (Å²) in [5.41, 5.74) is 2.09. The number of nitrogens with one attached hydrogen (secondary N) is 1. The van der Waals surface area contributed by atoms with Crippen LogP contribution in [0.5, 0.6) is 0 Å². The molecule has 146 valence electrons. The highest BCUT2D eigenvalue weighted by molar-refractivity contribution is 5.76. The minimum absolute atomic E-state index is 0.000516. The minimum Gasteiger partial charge on any atom is -0.373 e. The normalized spacial score (nSPS) is 20.6. The standard InChI is InChI=1S/C20H28N4O3/c1-14-4-6-17(7-5-14)20-22-19(27-23-20)9-8-18(25)21-10-11-24-12-15(2)26-16(3)13-24/h4-7,15-16H,8-13H2,1-3H3,(H,21,25)/t15-,16-/m1/s1. The number of rotatable bonds is 7. The van der Waals surface area contributed by atoms with Crippen molar-refractivity contribution in [2.75, 3.05) is 26.2 Å². The van der Waals surface area contributed by atoms with Gasteiger partial charge in [0.1, 0.15) is 0 Å². The molecule has 0 saturated carbocycles. The summed E-state index contributed by atoms with van der Waals surface area (Å²) in [4.78, 5) is 18.8. The molecule has 27 heavy (non-hydrogen) atoms. The van der Waals surface area contributed by atoms with Gasteiger partial charge in [-0.3, -0.25) is 9.69 Å². The van der Waals surface area contributed by atoms with E-state index in [1.807, 2.05) is 31.2 Å². The first-order valence-electron chi connectivity index (χ1n) is 9.53. The number of hydrogen-bond acceptors (Lipinski definition) is 6. The van der Waals surface area contributed by atoms with E-state index in [0.29, 0.717) is 31.1 Å². The molecule has 1 aromatic carbocycles. The van der Waals surface area contributed by atoms with Crippen molar-refractivity contribution >= 4 is 5.91 Å².